The number of para-hydroxylation sites is 1. The molecular weight excluding hydrogens is 203 g/mol. The minimum absolute atomic E-state index is 0. The van der Waals surface area contributed by atoms with Gasteiger partial charge >= 0.3 is 19.5 Å². The third-order valence-corrected chi connectivity index (χ3v) is 0.903. The maximum absolute atomic E-state index is 8.29. The van der Waals surface area contributed by atoms with Gasteiger partial charge < -0.3 is 0 Å². The van der Waals surface area contributed by atoms with Crippen LogP contribution >= 0.6 is 0 Å². The molecule has 0 aliphatic heterocycles. The van der Waals surface area contributed by atoms with Gasteiger partial charge in [-0.15, -0.1) is 0 Å². The van der Waals surface area contributed by atoms with Crippen LogP contribution in [0.2, 0.25) is 0 Å². The summed E-state index contributed by atoms with van der Waals surface area (Å²) < 4.78 is 0. The van der Waals surface area contributed by atoms with Crippen LogP contribution in [0.4, 0.5) is 5.69 Å². The molecule has 0 spiro atoms. The van der Waals surface area contributed by atoms with Gasteiger partial charge in [0.1, 0.15) is 0 Å². The molecule has 3 heteroatoms. The molecule has 0 amide bonds. The zero-order valence-electron chi connectivity index (χ0n) is 4.69. The second-order valence-electron chi connectivity index (χ2n) is 1.48. The molecule has 0 aliphatic carbocycles. The second-order valence-corrected chi connectivity index (χ2v) is 1.48. The van der Waals surface area contributed by atoms with Crippen LogP contribution in [0.25, 0.3) is 0 Å². The number of anilines is 1. The van der Waals surface area contributed by atoms with E-state index in [1.165, 1.54) is 0 Å². The molecule has 0 atom stereocenters. The molecule has 0 fully saturated rings. The van der Waals surface area contributed by atoms with Crippen molar-refractivity contribution in [3.05, 3.63) is 30.3 Å². The number of benzene rings is 1. The van der Waals surface area contributed by atoms with Gasteiger partial charge in [-0.05, 0) is 12.1 Å². The summed E-state index contributed by atoms with van der Waals surface area (Å²) in [6.07, 6.45) is 0. The van der Waals surface area contributed by atoms with E-state index in [4.69, 9.17) is 5.21 Å². The number of rotatable bonds is 1. The molecule has 1 aromatic rings. The average molecular weight is 210 g/mol. The van der Waals surface area contributed by atoms with Crippen molar-refractivity contribution >= 4 is 5.69 Å². The topological polar surface area (TPSA) is 32.3 Å². The van der Waals surface area contributed by atoms with Gasteiger partial charge in [0.2, 0.25) is 0 Å². The van der Waals surface area contributed by atoms with E-state index < -0.39 is 0 Å². The molecule has 0 aromatic heterocycles. The van der Waals surface area contributed by atoms with Crippen molar-refractivity contribution in [3.8, 4) is 0 Å². The van der Waals surface area contributed by atoms with Crippen LogP contribution < -0.4 is 5.48 Å². The summed E-state index contributed by atoms with van der Waals surface area (Å²) in [6.45, 7) is 0. The standard InChI is InChI=1S/C6H7NO.Ru/c8-7-6-4-2-1-3-5-6;/h1-5,7-8H;/q;+1. The Kier molecular flexibility index (Phi) is 4.28. The van der Waals surface area contributed by atoms with E-state index in [-0.39, 0.29) is 19.5 Å². The molecule has 2 N–H and O–H groups in total. The van der Waals surface area contributed by atoms with E-state index in [0.717, 1.165) is 0 Å². The molecule has 1 radical (unpaired) electrons. The molecule has 0 saturated heterocycles. The molecule has 1 aromatic carbocycles. The van der Waals surface area contributed by atoms with Gasteiger partial charge in [0, 0.05) is 0 Å². The molecule has 0 bridgehead atoms. The third-order valence-electron chi connectivity index (χ3n) is 0.903. The molecule has 0 heterocycles. The smallest absolute Gasteiger partial charge is 0.291 e. The van der Waals surface area contributed by atoms with Crippen LogP contribution in [0, 0.1) is 0 Å². The van der Waals surface area contributed by atoms with E-state index in [0.29, 0.717) is 5.69 Å². The normalized spacial score (nSPS) is 7.67. The van der Waals surface area contributed by atoms with Crippen molar-refractivity contribution in [1.29, 1.82) is 0 Å². The van der Waals surface area contributed by atoms with Gasteiger partial charge in [-0.1, -0.05) is 18.2 Å². The maximum atomic E-state index is 8.29. The summed E-state index contributed by atoms with van der Waals surface area (Å²) in [5.41, 5.74) is 2.74. The van der Waals surface area contributed by atoms with Crippen molar-refractivity contribution in [3.63, 3.8) is 0 Å². The van der Waals surface area contributed by atoms with Gasteiger partial charge in [-0.2, -0.15) is 0 Å². The number of nitrogens with one attached hydrogen (secondary N) is 1. The monoisotopic (exact) mass is 211 g/mol. The molecule has 0 aliphatic rings. The van der Waals surface area contributed by atoms with E-state index in [1.54, 1.807) is 12.1 Å². The Bertz CT molecular complexity index is 154. The maximum Gasteiger partial charge on any atom is 1.00 e. The van der Waals surface area contributed by atoms with Crippen LogP contribution in [-0.4, -0.2) is 5.21 Å². The first-order valence-electron chi connectivity index (χ1n) is 2.38. The largest absolute Gasteiger partial charge is 1.00 e. The number of hydrogen-bond acceptors (Lipinski definition) is 2. The van der Waals surface area contributed by atoms with Crippen LogP contribution in [-0.2, 0) is 19.5 Å². The first-order chi connectivity index (χ1) is 3.93. The molecule has 1 rings (SSSR count). The van der Waals surface area contributed by atoms with Gasteiger partial charge in [0.15, 0.2) is 0 Å². The summed E-state index contributed by atoms with van der Waals surface area (Å²) in [5.74, 6) is 0. The zero-order valence-corrected chi connectivity index (χ0v) is 6.43. The summed E-state index contributed by atoms with van der Waals surface area (Å²) in [7, 11) is 0. The second kappa shape index (κ2) is 4.48. The molecule has 9 heavy (non-hydrogen) atoms. The van der Waals surface area contributed by atoms with Crippen LogP contribution in [0.5, 0.6) is 0 Å². The van der Waals surface area contributed by atoms with Crippen LogP contribution in [0.3, 0.4) is 0 Å². The first-order valence-corrected chi connectivity index (χ1v) is 2.38. The molecule has 0 unspecified atom stereocenters. The number of hydrogen-bond donors (Lipinski definition) is 2. The Morgan fingerprint density at radius 2 is 1.67 bits per heavy atom. The van der Waals surface area contributed by atoms with Gasteiger partial charge in [-0.3, -0.25) is 10.7 Å². The summed E-state index contributed by atoms with van der Waals surface area (Å²) in [4.78, 5) is 0. The van der Waals surface area contributed by atoms with Crippen molar-refractivity contribution in [2.45, 2.75) is 0 Å². The Hall–Kier alpha value is -0.397. The summed E-state index contributed by atoms with van der Waals surface area (Å²) in [6, 6.07) is 9.14. The average Bonchev–Trinajstić information content (AvgIpc) is 1.90. The Morgan fingerprint density at radius 3 is 2.00 bits per heavy atom. The van der Waals surface area contributed by atoms with Gasteiger partial charge in [-0.25, -0.2) is 0 Å². The van der Waals surface area contributed by atoms with Crippen molar-refractivity contribution in [1.82, 2.24) is 0 Å². The Morgan fingerprint density at radius 1 is 1.11 bits per heavy atom. The molecular formula is C6H7NORu+. The quantitative estimate of drug-likeness (QED) is 0.543. The molecule has 2 nitrogen and oxygen atoms in total. The predicted molar refractivity (Wildman–Crippen MR) is 31.9 cm³/mol. The van der Waals surface area contributed by atoms with Crippen LogP contribution in [0.1, 0.15) is 0 Å². The van der Waals surface area contributed by atoms with E-state index in [9.17, 15) is 0 Å². The zero-order chi connectivity index (χ0) is 5.82. The Balaban J connectivity index is 0.000000640. The fourth-order valence-electron chi connectivity index (χ4n) is 0.513. The van der Waals surface area contributed by atoms with Gasteiger partial charge in [0.05, 0.1) is 5.69 Å². The van der Waals surface area contributed by atoms with E-state index in [2.05, 4.69) is 0 Å². The van der Waals surface area contributed by atoms with Crippen molar-refractivity contribution in [2.75, 3.05) is 5.48 Å². The summed E-state index contributed by atoms with van der Waals surface area (Å²) in [5, 5.41) is 8.29. The molecule has 49 valence electrons. The van der Waals surface area contributed by atoms with Crippen molar-refractivity contribution in [2.24, 2.45) is 0 Å². The molecule has 0 saturated carbocycles. The summed E-state index contributed by atoms with van der Waals surface area (Å²) >= 11 is 0. The fourth-order valence-corrected chi connectivity index (χ4v) is 0.513. The minimum atomic E-state index is 0. The predicted octanol–water partition coefficient (Wildman–Crippen LogP) is 1.49. The third kappa shape index (κ3) is 2.59. The van der Waals surface area contributed by atoms with Gasteiger partial charge in [0.25, 0.3) is 0 Å². The minimum Gasteiger partial charge on any atom is -0.291 e. The van der Waals surface area contributed by atoms with Crippen molar-refractivity contribution < 1.29 is 24.7 Å². The first kappa shape index (κ1) is 8.60. The van der Waals surface area contributed by atoms with Crippen LogP contribution in [0.15, 0.2) is 30.3 Å². The Labute approximate surface area is 66.6 Å². The fraction of sp³-hybridized carbons (Fsp3) is 0. The van der Waals surface area contributed by atoms with E-state index >= 15 is 0 Å². The van der Waals surface area contributed by atoms with E-state index in [1.807, 2.05) is 23.7 Å². The SMILES string of the molecule is ONc1ccccc1.[Ru+].